The maximum Gasteiger partial charge on any atom is 0.341 e. The highest BCUT2D eigenvalue weighted by molar-refractivity contribution is 5.91. The number of aromatic amines is 2. The summed E-state index contributed by atoms with van der Waals surface area (Å²) in [4.78, 5) is 18.3. The number of benzene rings is 3. The number of carbonyl (C=O) groups is 1. The van der Waals surface area contributed by atoms with Crippen molar-refractivity contribution in [1.29, 1.82) is 0 Å². The molecule has 0 aliphatic rings. The summed E-state index contributed by atoms with van der Waals surface area (Å²) in [7, 11) is 0. The van der Waals surface area contributed by atoms with Gasteiger partial charge in [0.1, 0.15) is 5.75 Å². The number of rotatable bonds is 8. The van der Waals surface area contributed by atoms with Crippen LogP contribution in [-0.2, 0) is 17.6 Å². The van der Waals surface area contributed by atoms with Gasteiger partial charge in [-0.2, -0.15) is 0 Å². The highest BCUT2D eigenvalue weighted by atomic mass is 16.5. The molecule has 0 atom stereocenters. The van der Waals surface area contributed by atoms with E-state index >= 15 is 0 Å². The lowest BCUT2D eigenvalue weighted by molar-refractivity contribution is -0.139. The Hall–Kier alpha value is -3.99. The number of hydrogen-bond acceptors (Lipinski definition) is 2. The van der Waals surface area contributed by atoms with Gasteiger partial charge >= 0.3 is 5.97 Å². The molecule has 0 saturated carbocycles. The number of nitrogens with one attached hydrogen (secondary N) is 2. The third kappa shape index (κ3) is 3.73. The lowest BCUT2D eigenvalue weighted by Crippen LogP contribution is -2.12. The zero-order valence-corrected chi connectivity index (χ0v) is 19.4. The first-order chi connectivity index (χ1) is 16.6. The zero-order chi connectivity index (χ0) is 23.7. The molecule has 0 spiro atoms. The molecule has 172 valence electrons. The molecule has 0 bridgehead atoms. The minimum Gasteiger partial charge on any atom is -0.482 e. The van der Waals surface area contributed by atoms with Crippen LogP contribution in [0, 0.1) is 0 Å². The first kappa shape index (κ1) is 21.8. The summed E-state index contributed by atoms with van der Waals surface area (Å²) in [5.74, 6) is -0.561. The molecule has 5 heteroatoms. The Morgan fingerprint density at radius 1 is 0.794 bits per heavy atom. The average Bonchev–Trinajstić information content (AvgIpc) is 3.48. The average molecular weight is 453 g/mol. The Morgan fingerprint density at radius 2 is 1.35 bits per heavy atom. The van der Waals surface area contributed by atoms with E-state index in [0.29, 0.717) is 5.75 Å². The summed E-state index contributed by atoms with van der Waals surface area (Å²) in [6, 6.07) is 20.6. The van der Waals surface area contributed by atoms with Crippen LogP contribution in [0.1, 0.15) is 47.6 Å². The van der Waals surface area contributed by atoms with E-state index in [2.05, 4.69) is 72.6 Å². The summed E-state index contributed by atoms with van der Waals surface area (Å²) >= 11 is 0. The summed E-state index contributed by atoms with van der Waals surface area (Å²) in [5.41, 5.74) is 8.04. The summed E-state index contributed by atoms with van der Waals surface area (Å²) < 4.78 is 5.77. The van der Waals surface area contributed by atoms with Crippen LogP contribution in [0.15, 0.2) is 73.1 Å². The summed E-state index contributed by atoms with van der Waals surface area (Å²) in [6.07, 6.45) is 6.05. The van der Waals surface area contributed by atoms with Crippen molar-refractivity contribution in [2.24, 2.45) is 0 Å². The van der Waals surface area contributed by atoms with Crippen molar-refractivity contribution in [2.45, 2.75) is 32.6 Å². The molecule has 0 amide bonds. The van der Waals surface area contributed by atoms with Crippen molar-refractivity contribution in [3.63, 3.8) is 0 Å². The van der Waals surface area contributed by atoms with E-state index in [1.807, 2.05) is 24.3 Å². The van der Waals surface area contributed by atoms with Gasteiger partial charge in [0.25, 0.3) is 0 Å². The van der Waals surface area contributed by atoms with Crippen LogP contribution in [0.3, 0.4) is 0 Å². The molecule has 0 unspecified atom stereocenters. The van der Waals surface area contributed by atoms with E-state index < -0.39 is 5.97 Å². The molecule has 0 fully saturated rings. The van der Waals surface area contributed by atoms with Crippen molar-refractivity contribution < 1.29 is 14.6 Å². The molecule has 0 radical (unpaired) electrons. The van der Waals surface area contributed by atoms with Crippen LogP contribution in [0.5, 0.6) is 5.75 Å². The SMILES string of the molecule is CCc1cccc2c(C(c3ccccc3OCC(=O)O)c3c[nH]c4c(CC)cccc34)c[nH]c12. The van der Waals surface area contributed by atoms with Gasteiger partial charge in [0, 0.05) is 45.7 Å². The smallest absolute Gasteiger partial charge is 0.341 e. The second-order valence-corrected chi connectivity index (χ2v) is 8.53. The van der Waals surface area contributed by atoms with Gasteiger partial charge in [-0.05, 0) is 41.2 Å². The zero-order valence-electron chi connectivity index (χ0n) is 19.4. The molecule has 3 N–H and O–H groups in total. The van der Waals surface area contributed by atoms with E-state index in [0.717, 1.165) is 40.6 Å². The monoisotopic (exact) mass is 452 g/mol. The summed E-state index contributed by atoms with van der Waals surface area (Å²) in [5, 5.41) is 11.6. The number of fused-ring (bicyclic) bond motifs is 2. The standard InChI is InChI=1S/C29H28N2O3/c1-3-18-9-7-12-20-23(15-30-28(18)20)27(22-11-5-6-14-25(22)34-17-26(32)33)24-16-31-29-19(4-2)10-8-13-21(24)29/h5-16,27,30-31H,3-4,17H2,1-2H3,(H,32,33). The Bertz CT molecular complexity index is 1400. The molecular weight excluding hydrogens is 424 g/mol. The van der Waals surface area contributed by atoms with Crippen molar-refractivity contribution in [1.82, 2.24) is 9.97 Å². The lowest BCUT2D eigenvalue weighted by Gasteiger charge is -2.21. The fourth-order valence-electron chi connectivity index (χ4n) is 5.04. The molecular formula is C29H28N2O3. The number of H-pyrrole nitrogens is 2. The number of ether oxygens (including phenoxy) is 1. The first-order valence-corrected chi connectivity index (χ1v) is 11.7. The Kier molecular flexibility index (Phi) is 5.84. The topological polar surface area (TPSA) is 78.1 Å². The predicted octanol–water partition coefficient (Wildman–Crippen LogP) is 6.42. The second-order valence-electron chi connectivity index (χ2n) is 8.53. The van der Waals surface area contributed by atoms with Gasteiger partial charge in [0.15, 0.2) is 6.61 Å². The third-order valence-corrected chi connectivity index (χ3v) is 6.63. The van der Waals surface area contributed by atoms with Gasteiger partial charge in [-0.25, -0.2) is 4.79 Å². The first-order valence-electron chi connectivity index (χ1n) is 11.7. The van der Waals surface area contributed by atoms with Gasteiger partial charge in [0.05, 0.1) is 0 Å². The number of carboxylic acids is 1. The van der Waals surface area contributed by atoms with Gasteiger partial charge in [-0.3, -0.25) is 0 Å². The fourth-order valence-corrected chi connectivity index (χ4v) is 5.04. The van der Waals surface area contributed by atoms with Crippen LogP contribution in [-0.4, -0.2) is 27.7 Å². The Morgan fingerprint density at radius 3 is 1.88 bits per heavy atom. The number of para-hydroxylation sites is 3. The van der Waals surface area contributed by atoms with Gasteiger partial charge in [0.2, 0.25) is 0 Å². The quantitative estimate of drug-likeness (QED) is 0.254. The van der Waals surface area contributed by atoms with E-state index in [4.69, 9.17) is 4.74 Å². The van der Waals surface area contributed by atoms with Crippen molar-refractivity contribution in [2.75, 3.05) is 6.61 Å². The molecule has 0 aliphatic carbocycles. The number of aryl methyl sites for hydroxylation is 2. The van der Waals surface area contributed by atoms with Crippen LogP contribution in [0.4, 0.5) is 0 Å². The highest BCUT2D eigenvalue weighted by Gasteiger charge is 2.26. The van der Waals surface area contributed by atoms with Crippen LogP contribution >= 0.6 is 0 Å². The number of hydrogen-bond donors (Lipinski definition) is 3. The number of aromatic nitrogens is 2. The molecule has 0 saturated heterocycles. The van der Waals surface area contributed by atoms with Crippen LogP contribution < -0.4 is 4.74 Å². The molecule has 5 nitrogen and oxygen atoms in total. The maximum atomic E-state index is 11.3. The molecule has 5 aromatic rings. The fraction of sp³-hybridized carbons (Fsp3) is 0.207. The van der Waals surface area contributed by atoms with Crippen LogP contribution in [0.2, 0.25) is 0 Å². The minimum absolute atomic E-state index is 0.147. The van der Waals surface area contributed by atoms with Gasteiger partial charge in [-0.15, -0.1) is 0 Å². The number of aliphatic carboxylic acids is 1. The van der Waals surface area contributed by atoms with E-state index in [-0.39, 0.29) is 12.5 Å². The number of carboxylic acid groups (broad SMARTS) is 1. The van der Waals surface area contributed by atoms with Crippen molar-refractivity contribution in [3.05, 3.63) is 101 Å². The second kappa shape index (κ2) is 9.10. The maximum absolute atomic E-state index is 11.3. The largest absolute Gasteiger partial charge is 0.482 e. The van der Waals surface area contributed by atoms with E-state index in [1.54, 1.807) is 0 Å². The van der Waals surface area contributed by atoms with Crippen molar-refractivity contribution >= 4 is 27.8 Å². The molecule has 34 heavy (non-hydrogen) atoms. The Labute approximate surface area is 198 Å². The molecule has 2 heterocycles. The Balaban J connectivity index is 1.78. The van der Waals surface area contributed by atoms with Gasteiger partial charge in [-0.1, -0.05) is 68.4 Å². The molecule has 2 aromatic heterocycles. The minimum atomic E-state index is -0.995. The van der Waals surface area contributed by atoms with Gasteiger partial charge < -0.3 is 19.8 Å². The normalized spacial score (nSPS) is 11.5. The molecule has 5 rings (SSSR count). The predicted molar refractivity (Wildman–Crippen MR) is 136 cm³/mol. The lowest BCUT2D eigenvalue weighted by atomic mass is 9.83. The van der Waals surface area contributed by atoms with Crippen LogP contribution in [0.25, 0.3) is 21.8 Å². The summed E-state index contributed by atoms with van der Waals surface area (Å²) in [6.45, 7) is 3.94. The van der Waals surface area contributed by atoms with E-state index in [9.17, 15) is 9.90 Å². The molecule has 0 aliphatic heterocycles. The highest BCUT2D eigenvalue weighted by Crippen LogP contribution is 2.43. The van der Waals surface area contributed by atoms with E-state index in [1.165, 1.54) is 21.9 Å². The molecule has 3 aromatic carbocycles. The van der Waals surface area contributed by atoms with Crippen molar-refractivity contribution in [3.8, 4) is 5.75 Å². The third-order valence-electron chi connectivity index (χ3n) is 6.63.